The Kier molecular flexibility index (Phi) is 4.14. The van der Waals surface area contributed by atoms with Crippen LogP contribution in [0.2, 0.25) is 0 Å². The molecule has 0 heterocycles. The molecule has 3 heteroatoms. The van der Waals surface area contributed by atoms with E-state index < -0.39 is 0 Å². The average Bonchev–Trinajstić information content (AvgIpc) is 2.54. The van der Waals surface area contributed by atoms with E-state index in [0.29, 0.717) is 0 Å². The van der Waals surface area contributed by atoms with Gasteiger partial charge in [0.25, 0.3) is 0 Å². The first kappa shape index (κ1) is 17.5. The van der Waals surface area contributed by atoms with Gasteiger partial charge in [0.1, 0.15) is 0 Å². The van der Waals surface area contributed by atoms with Crippen molar-refractivity contribution in [1.29, 1.82) is 0 Å². The van der Waals surface area contributed by atoms with Gasteiger partial charge in [-0.05, 0) is 76.6 Å². The van der Waals surface area contributed by atoms with Crippen LogP contribution in [0, 0.1) is 6.92 Å². The number of nitrogens with zero attached hydrogens (tertiary/aromatic N) is 1. The number of anilines is 1. The maximum Gasteiger partial charge on any atom is 0.0734 e. The van der Waals surface area contributed by atoms with Crippen LogP contribution in [0.15, 0.2) is 35.5 Å². The van der Waals surface area contributed by atoms with Crippen LogP contribution in [0.25, 0.3) is 11.1 Å². The lowest BCUT2D eigenvalue weighted by Crippen LogP contribution is -2.34. The van der Waals surface area contributed by atoms with Gasteiger partial charge in [0.15, 0.2) is 0 Å². The molecule has 0 aliphatic heterocycles. The minimum Gasteiger partial charge on any atom is -0.411 e. The second-order valence-corrected chi connectivity index (χ2v) is 8.57. The molecule has 2 aromatic carbocycles. The molecule has 0 radical (unpaired) electrons. The van der Waals surface area contributed by atoms with Gasteiger partial charge in [-0.3, -0.25) is 0 Å². The minimum atomic E-state index is 0.159. The maximum absolute atomic E-state index is 8.83. The standard InChI is InChI=1S/C22H28N2O/c1-14-10-18-19(22(4,5)9-8-21(18,2)3)12-16(14)17-11-15(13-24-25)6-7-20(17)23/h6-7,10-13,25H,8-9,23H2,1-5H3. The molecule has 1 aliphatic carbocycles. The molecule has 0 amide bonds. The highest BCUT2D eigenvalue weighted by Gasteiger charge is 2.37. The summed E-state index contributed by atoms with van der Waals surface area (Å²) in [6.45, 7) is 11.5. The summed E-state index contributed by atoms with van der Waals surface area (Å²) >= 11 is 0. The van der Waals surface area contributed by atoms with Gasteiger partial charge >= 0.3 is 0 Å². The van der Waals surface area contributed by atoms with E-state index in [1.807, 2.05) is 18.2 Å². The number of benzene rings is 2. The quantitative estimate of drug-likeness (QED) is 0.334. The Morgan fingerprint density at radius 2 is 1.56 bits per heavy atom. The van der Waals surface area contributed by atoms with Crippen LogP contribution >= 0.6 is 0 Å². The number of aryl methyl sites for hydroxylation is 1. The van der Waals surface area contributed by atoms with Gasteiger partial charge in [0, 0.05) is 11.3 Å². The number of nitrogens with two attached hydrogens (primary N) is 1. The number of rotatable bonds is 2. The van der Waals surface area contributed by atoms with Crippen LogP contribution in [0.1, 0.15) is 62.8 Å². The Morgan fingerprint density at radius 1 is 0.960 bits per heavy atom. The van der Waals surface area contributed by atoms with Crippen molar-refractivity contribution >= 4 is 11.9 Å². The molecule has 1 aliphatic rings. The zero-order chi connectivity index (χ0) is 18.4. The van der Waals surface area contributed by atoms with Gasteiger partial charge in [-0.2, -0.15) is 0 Å². The van der Waals surface area contributed by atoms with Crippen LogP contribution < -0.4 is 5.73 Å². The third-order valence-corrected chi connectivity index (χ3v) is 5.77. The van der Waals surface area contributed by atoms with E-state index in [2.05, 4.69) is 51.9 Å². The van der Waals surface area contributed by atoms with Crippen molar-refractivity contribution < 1.29 is 5.21 Å². The molecule has 3 N–H and O–H groups in total. The molecule has 0 saturated heterocycles. The van der Waals surface area contributed by atoms with Crippen molar-refractivity contribution in [2.75, 3.05) is 5.73 Å². The third kappa shape index (κ3) is 3.04. The van der Waals surface area contributed by atoms with E-state index >= 15 is 0 Å². The van der Waals surface area contributed by atoms with Crippen molar-refractivity contribution in [2.45, 2.75) is 58.3 Å². The largest absolute Gasteiger partial charge is 0.411 e. The highest BCUT2D eigenvalue weighted by atomic mass is 16.4. The number of nitrogen functional groups attached to an aromatic ring is 1. The smallest absolute Gasteiger partial charge is 0.0734 e. The minimum absolute atomic E-state index is 0.159. The molecule has 132 valence electrons. The Labute approximate surface area is 150 Å². The molecule has 3 rings (SSSR count). The summed E-state index contributed by atoms with van der Waals surface area (Å²) in [7, 11) is 0. The highest BCUT2D eigenvalue weighted by Crippen LogP contribution is 2.48. The van der Waals surface area contributed by atoms with Gasteiger partial charge < -0.3 is 10.9 Å². The Balaban J connectivity index is 2.25. The van der Waals surface area contributed by atoms with Crippen molar-refractivity contribution in [2.24, 2.45) is 5.16 Å². The van der Waals surface area contributed by atoms with Crippen LogP contribution in [0.5, 0.6) is 0 Å². The Morgan fingerprint density at radius 3 is 2.16 bits per heavy atom. The maximum atomic E-state index is 8.83. The van der Waals surface area contributed by atoms with E-state index in [1.165, 1.54) is 35.7 Å². The van der Waals surface area contributed by atoms with Gasteiger partial charge in [-0.25, -0.2) is 0 Å². The SMILES string of the molecule is Cc1cc2c(cc1-c1cc(C=NO)ccc1N)C(C)(C)CCC2(C)C. The van der Waals surface area contributed by atoms with E-state index in [-0.39, 0.29) is 10.8 Å². The molecule has 0 saturated carbocycles. The summed E-state index contributed by atoms with van der Waals surface area (Å²) < 4.78 is 0. The monoisotopic (exact) mass is 336 g/mol. The van der Waals surface area contributed by atoms with Crippen molar-refractivity contribution in [1.82, 2.24) is 0 Å². The fourth-order valence-corrected chi connectivity index (χ4v) is 3.97. The summed E-state index contributed by atoms with van der Waals surface area (Å²) in [5, 5.41) is 12.0. The lowest BCUT2D eigenvalue weighted by molar-refractivity contribution is 0.322. The molecule has 0 atom stereocenters. The van der Waals surface area contributed by atoms with Gasteiger partial charge in [0.2, 0.25) is 0 Å². The first-order valence-corrected chi connectivity index (χ1v) is 8.89. The normalized spacial score (nSPS) is 18.3. The molecule has 0 unspecified atom stereocenters. The number of hydrogen-bond acceptors (Lipinski definition) is 3. The average molecular weight is 336 g/mol. The van der Waals surface area contributed by atoms with E-state index in [0.717, 1.165) is 22.4 Å². The third-order valence-electron chi connectivity index (χ3n) is 5.77. The molecule has 0 spiro atoms. The van der Waals surface area contributed by atoms with Crippen LogP contribution in [0.3, 0.4) is 0 Å². The summed E-state index contributed by atoms with van der Waals surface area (Å²) in [5.74, 6) is 0. The molecule has 3 nitrogen and oxygen atoms in total. The summed E-state index contributed by atoms with van der Waals surface area (Å²) in [6.07, 6.45) is 3.82. The predicted octanol–water partition coefficient (Wildman–Crippen LogP) is 5.40. The zero-order valence-corrected chi connectivity index (χ0v) is 15.9. The fraction of sp³-hybridized carbons (Fsp3) is 0.409. The lowest BCUT2D eigenvalue weighted by Gasteiger charge is -2.42. The van der Waals surface area contributed by atoms with Crippen LogP contribution in [0.4, 0.5) is 5.69 Å². The number of oxime groups is 1. The van der Waals surface area contributed by atoms with Gasteiger partial charge in [-0.1, -0.05) is 45.0 Å². The topological polar surface area (TPSA) is 58.6 Å². The van der Waals surface area contributed by atoms with Gasteiger partial charge in [-0.15, -0.1) is 0 Å². The second kappa shape index (κ2) is 5.91. The highest BCUT2D eigenvalue weighted by molar-refractivity contribution is 5.87. The van der Waals surface area contributed by atoms with E-state index in [1.54, 1.807) is 0 Å². The summed E-state index contributed by atoms with van der Waals surface area (Å²) in [4.78, 5) is 0. The molecule has 25 heavy (non-hydrogen) atoms. The molecular formula is C22H28N2O. The predicted molar refractivity (Wildman–Crippen MR) is 106 cm³/mol. The first-order chi connectivity index (χ1) is 11.7. The fourth-order valence-electron chi connectivity index (χ4n) is 3.97. The molecule has 2 aromatic rings. The summed E-state index contributed by atoms with van der Waals surface area (Å²) in [6, 6.07) is 10.4. The van der Waals surface area contributed by atoms with Crippen molar-refractivity contribution in [3.05, 3.63) is 52.6 Å². The number of hydrogen-bond donors (Lipinski definition) is 2. The Bertz CT molecular complexity index is 847. The first-order valence-electron chi connectivity index (χ1n) is 8.89. The second-order valence-electron chi connectivity index (χ2n) is 8.57. The van der Waals surface area contributed by atoms with E-state index in [9.17, 15) is 0 Å². The lowest BCUT2D eigenvalue weighted by atomic mass is 9.62. The van der Waals surface area contributed by atoms with Gasteiger partial charge in [0.05, 0.1) is 6.21 Å². The van der Waals surface area contributed by atoms with Crippen LogP contribution in [-0.4, -0.2) is 11.4 Å². The number of fused-ring (bicyclic) bond motifs is 1. The van der Waals surface area contributed by atoms with Crippen molar-refractivity contribution in [3.8, 4) is 11.1 Å². The molecule has 0 fully saturated rings. The van der Waals surface area contributed by atoms with E-state index in [4.69, 9.17) is 10.9 Å². The molecule has 0 aromatic heterocycles. The van der Waals surface area contributed by atoms with Crippen LogP contribution in [-0.2, 0) is 10.8 Å². The van der Waals surface area contributed by atoms with Crippen molar-refractivity contribution in [3.63, 3.8) is 0 Å². The Hall–Kier alpha value is -2.29. The molecular weight excluding hydrogens is 308 g/mol. The molecule has 0 bridgehead atoms. The zero-order valence-electron chi connectivity index (χ0n) is 15.9. The summed E-state index contributed by atoms with van der Waals surface area (Å²) in [5.41, 5.74) is 14.5.